The average molecular weight is 448 g/mol. The topological polar surface area (TPSA) is 121 Å². The number of nitro benzene ring substituents is 2. The molecule has 0 fully saturated rings. The largest absolute Gasteiger partial charge is 0.450 e. The molecule has 0 amide bonds. The monoisotopic (exact) mass is 448 g/mol. The van der Waals surface area contributed by atoms with Crippen LogP contribution < -0.4 is 0 Å². The highest BCUT2D eigenvalue weighted by molar-refractivity contribution is 6.03. The molecule has 31 heavy (non-hydrogen) atoms. The van der Waals surface area contributed by atoms with Crippen LogP contribution in [0.4, 0.5) is 37.7 Å². The number of carbonyl (C=O) groups is 1. The molecule has 3 rings (SSSR count). The van der Waals surface area contributed by atoms with Crippen molar-refractivity contribution in [1.29, 1.82) is 0 Å². The number of nitro groups is 2. The third-order valence-electron chi connectivity index (χ3n) is 4.05. The van der Waals surface area contributed by atoms with Gasteiger partial charge in [-0.3, -0.25) is 29.6 Å². The van der Waals surface area contributed by atoms with Gasteiger partial charge in [0.15, 0.2) is 5.52 Å². The van der Waals surface area contributed by atoms with Crippen LogP contribution in [0.15, 0.2) is 36.4 Å². The molecule has 0 unspecified atom stereocenters. The highest BCUT2D eigenvalue weighted by Crippen LogP contribution is 2.39. The van der Waals surface area contributed by atoms with Gasteiger partial charge in [-0.05, 0) is 18.2 Å². The minimum absolute atomic E-state index is 0.0101. The molecule has 0 N–H and O–H groups in total. The molecule has 3 aromatic rings. The van der Waals surface area contributed by atoms with Gasteiger partial charge in [-0.1, -0.05) is 0 Å². The second-order valence-corrected chi connectivity index (χ2v) is 6.00. The van der Waals surface area contributed by atoms with Crippen LogP contribution in [0, 0.1) is 20.2 Å². The lowest BCUT2D eigenvalue weighted by atomic mass is 10.1. The van der Waals surface area contributed by atoms with E-state index < -0.39 is 67.5 Å². The molecule has 0 atom stereocenters. The molecule has 1 aromatic heterocycles. The predicted molar refractivity (Wildman–Crippen MR) is 89.2 cm³/mol. The first-order valence-electron chi connectivity index (χ1n) is 7.86. The molecule has 0 spiro atoms. The molecular weight excluding hydrogens is 442 g/mol. The maximum Gasteiger partial charge on any atom is 0.450 e. The van der Waals surface area contributed by atoms with Gasteiger partial charge in [0.25, 0.3) is 17.3 Å². The van der Waals surface area contributed by atoms with Crippen molar-refractivity contribution in [3.05, 3.63) is 73.6 Å². The molecule has 0 bridgehead atoms. The number of imidazole rings is 1. The Hall–Kier alpha value is -4.04. The van der Waals surface area contributed by atoms with E-state index in [1.54, 1.807) is 0 Å². The maximum absolute atomic E-state index is 13.5. The average Bonchev–Trinajstić information content (AvgIpc) is 3.05. The number of alkyl halides is 6. The van der Waals surface area contributed by atoms with Crippen LogP contribution in [0.2, 0.25) is 0 Å². The molecule has 2 aromatic carbocycles. The normalized spacial score (nSPS) is 12.2. The molecule has 0 aliphatic rings. The van der Waals surface area contributed by atoms with Crippen molar-refractivity contribution < 1.29 is 41.0 Å². The highest BCUT2D eigenvalue weighted by atomic mass is 19.4. The SMILES string of the molecule is O=C(c1ccc([N+](=O)[O-])cc1)n1c(C(F)(F)F)nc2c([N+](=O)[O-])cc(C(F)(F)F)cc21. The fourth-order valence-electron chi connectivity index (χ4n) is 2.71. The number of fused-ring (bicyclic) bond motifs is 1. The molecule has 0 saturated carbocycles. The van der Waals surface area contributed by atoms with Crippen LogP contribution in [0.1, 0.15) is 21.7 Å². The number of carbonyl (C=O) groups excluding carboxylic acids is 1. The van der Waals surface area contributed by atoms with E-state index in [9.17, 15) is 51.4 Å². The molecule has 9 nitrogen and oxygen atoms in total. The zero-order valence-electron chi connectivity index (χ0n) is 14.6. The summed E-state index contributed by atoms with van der Waals surface area (Å²) in [5.41, 5.74) is -6.30. The number of hydrogen-bond acceptors (Lipinski definition) is 6. The molecule has 1 heterocycles. The Morgan fingerprint density at radius 2 is 1.48 bits per heavy atom. The fraction of sp³-hybridized carbons (Fsp3) is 0.125. The summed E-state index contributed by atoms with van der Waals surface area (Å²) in [6.07, 6.45) is -10.6. The van der Waals surface area contributed by atoms with Gasteiger partial charge in [-0.25, -0.2) is 4.98 Å². The first kappa shape index (κ1) is 21.7. The summed E-state index contributed by atoms with van der Waals surface area (Å²) in [6.45, 7) is 0. The minimum Gasteiger partial charge on any atom is -0.268 e. The predicted octanol–water partition coefficient (Wildman–Crippen LogP) is 4.58. The quantitative estimate of drug-likeness (QED) is 0.329. The third kappa shape index (κ3) is 3.88. The second kappa shape index (κ2) is 7.03. The molecule has 0 aliphatic heterocycles. The first-order chi connectivity index (χ1) is 14.2. The summed E-state index contributed by atoms with van der Waals surface area (Å²) in [5, 5.41) is 21.9. The van der Waals surface area contributed by atoms with Gasteiger partial charge in [-0.15, -0.1) is 0 Å². The Balaban J connectivity index is 2.37. The Morgan fingerprint density at radius 1 is 0.903 bits per heavy atom. The number of hydrogen-bond donors (Lipinski definition) is 0. The van der Waals surface area contributed by atoms with Crippen molar-refractivity contribution in [3.63, 3.8) is 0 Å². The molecule has 0 radical (unpaired) electrons. The van der Waals surface area contributed by atoms with E-state index in [2.05, 4.69) is 4.98 Å². The molecule has 0 saturated heterocycles. The van der Waals surface area contributed by atoms with Crippen molar-refractivity contribution in [3.8, 4) is 0 Å². The van der Waals surface area contributed by atoms with E-state index in [1.165, 1.54) is 0 Å². The van der Waals surface area contributed by atoms with Gasteiger partial charge < -0.3 is 0 Å². The summed E-state index contributed by atoms with van der Waals surface area (Å²) in [4.78, 5) is 35.4. The van der Waals surface area contributed by atoms with E-state index in [4.69, 9.17) is 0 Å². The minimum atomic E-state index is -5.37. The number of aromatic nitrogens is 2. The van der Waals surface area contributed by atoms with Crippen LogP contribution in [-0.2, 0) is 12.4 Å². The fourth-order valence-corrected chi connectivity index (χ4v) is 2.71. The van der Waals surface area contributed by atoms with E-state index >= 15 is 0 Å². The number of rotatable bonds is 3. The van der Waals surface area contributed by atoms with Crippen LogP contribution in [0.5, 0.6) is 0 Å². The van der Waals surface area contributed by atoms with Gasteiger partial charge in [0.05, 0.1) is 20.9 Å². The second-order valence-electron chi connectivity index (χ2n) is 6.00. The Kier molecular flexibility index (Phi) is 4.91. The van der Waals surface area contributed by atoms with E-state index in [-0.39, 0.29) is 16.7 Å². The Labute approximate surface area is 165 Å². The van der Waals surface area contributed by atoms with Crippen LogP contribution in [0.3, 0.4) is 0 Å². The van der Waals surface area contributed by atoms with E-state index in [1.807, 2.05) is 0 Å². The lowest BCUT2D eigenvalue weighted by Gasteiger charge is -2.11. The molecule has 0 aliphatic carbocycles. The maximum atomic E-state index is 13.5. The lowest BCUT2D eigenvalue weighted by Crippen LogP contribution is -2.21. The molecule has 162 valence electrons. The van der Waals surface area contributed by atoms with Crippen LogP contribution in [0.25, 0.3) is 11.0 Å². The number of halogens is 6. The third-order valence-corrected chi connectivity index (χ3v) is 4.05. The zero-order chi connectivity index (χ0) is 23.3. The van der Waals surface area contributed by atoms with Crippen molar-refractivity contribution in [2.24, 2.45) is 0 Å². The van der Waals surface area contributed by atoms with Crippen LogP contribution >= 0.6 is 0 Å². The molecule has 15 heteroatoms. The van der Waals surface area contributed by atoms with Gasteiger partial charge in [-0.2, -0.15) is 26.3 Å². The smallest absolute Gasteiger partial charge is 0.268 e. The number of nitrogens with zero attached hydrogens (tertiary/aromatic N) is 4. The lowest BCUT2D eigenvalue weighted by molar-refractivity contribution is -0.384. The summed E-state index contributed by atoms with van der Waals surface area (Å²) < 4.78 is 79.7. The van der Waals surface area contributed by atoms with E-state index in [0.717, 1.165) is 24.3 Å². The Morgan fingerprint density at radius 3 is 1.94 bits per heavy atom. The van der Waals surface area contributed by atoms with Gasteiger partial charge in [0.2, 0.25) is 5.82 Å². The summed E-state index contributed by atoms with van der Waals surface area (Å²) in [6, 6.07) is 3.30. The molecular formula is C16H6F6N4O5. The van der Waals surface area contributed by atoms with Gasteiger partial charge in [0, 0.05) is 23.8 Å². The first-order valence-corrected chi connectivity index (χ1v) is 7.86. The number of non-ortho nitro benzene ring substituents is 2. The van der Waals surface area contributed by atoms with Gasteiger partial charge >= 0.3 is 12.4 Å². The Bertz CT molecular complexity index is 1230. The number of benzene rings is 2. The summed E-state index contributed by atoms with van der Waals surface area (Å²) in [5.74, 6) is -3.54. The van der Waals surface area contributed by atoms with Crippen molar-refractivity contribution in [1.82, 2.24) is 9.55 Å². The zero-order valence-corrected chi connectivity index (χ0v) is 14.6. The van der Waals surface area contributed by atoms with Crippen molar-refractivity contribution in [2.45, 2.75) is 12.4 Å². The van der Waals surface area contributed by atoms with Gasteiger partial charge in [0.1, 0.15) is 0 Å². The highest BCUT2D eigenvalue weighted by Gasteiger charge is 2.42. The summed E-state index contributed by atoms with van der Waals surface area (Å²) in [7, 11) is 0. The van der Waals surface area contributed by atoms with Crippen molar-refractivity contribution in [2.75, 3.05) is 0 Å². The summed E-state index contributed by atoms with van der Waals surface area (Å²) >= 11 is 0. The standard InChI is InChI=1S/C16H6F6N4O5/c17-15(18,19)8-5-10-12(11(6-8)26(30)31)23-14(16(20,21)22)24(10)13(27)7-1-3-9(4-2-7)25(28)29/h1-6H. The van der Waals surface area contributed by atoms with Crippen molar-refractivity contribution >= 4 is 28.3 Å². The van der Waals surface area contributed by atoms with Crippen LogP contribution in [-0.4, -0.2) is 25.3 Å². The van der Waals surface area contributed by atoms with E-state index in [0.29, 0.717) is 0 Å².